The monoisotopic (exact) mass is 2070 g/mol. The van der Waals surface area contributed by atoms with E-state index in [2.05, 4.69) is 63.2 Å². The fraction of sp³-hybridized carbons (Fsp3) is 0.789. The number of rotatable bonds is 76. The molecule has 0 radical (unpaired) electrons. The van der Waals surface area contributed by atoms with Gasteiger partial charge in [0.15, 0.2) is 55.5 Å². The van der Waals surface area contributed by atoms with Crippen molar-refractivity contribution in [2.45, 2.75) is 283 Å². The largest absolute Gasteiger partial charge is 0.463 e. The molecular weight excluding hydrogens is 1920 g/mol. The minimum atomic E-state index is -1.57. The number of esters is 9. The SMILES string of the molecule is CC(=O)N[C@H]1[C@H](OCCCCC(=O)NCCCNC(=O)CCOCC(COCCC(=O)NCCCNC(=O)CCCCO[C@@H]2O[C@H](COC(C)=O)[C@H](OC(C)=O)[C@H](OC(C)=O)[C@H]2NC(C)=O)(COCCC(=O)NCCCNC(=O)CCCCO[C@@H]2O[C@H](COC(C)=O)[C@H](OC(C)=O)[C@H](OC(C)=O)[C@H]2NC(C)=O)NC(=O)CCOCCOCCOCCOCCN=[N+]=[N-])O[C@H](COC(C)=O)[C@H](OC(C)=O)[C@@H]1OC(C)=O. The van der Waals surface area contributed by atoms with E-state index in [-0.39, 0.29) is 221 Å². The van der Waals surface area contributed by atoms with Gasteiger partial charge in [-0.25, -0.2) is 0 Å². The van der Waals surface area contributed by atoms with Crippen molar-refractivity contribution in [3.63, 3.8) is 0 Å². The van der Waals surface area contributed by atoms with Gasteiger partial charge in [0.2, 0.25) is 59.1 Å². The molecule has 3 rings (SSSR count). The second-order valence-electron chi connectivity index (χ2n) is 33.2. The number of azide groups is 1. The number of unbranched alkanes of at least 4 members (excludes halogenated alkanes) is 3. The van der Waals surface area contributed by atoms with Crippen molar-refractivity contribution in [2.75, 3.05) is 178 Å². The van der Waals surface area contributed by atoms with Crippen LogP contribution in [0.4, 0.5) is 0 Å². The van der Waals surface area contributed by atoms with E-state index < -0.39 is 212 Å². The molecule has 10 N–H and O–H groups in total. The van der Waals surface area contributed by atoms with Gasteiger partial charge in [0.1, 0.15) is 61.8 Å². The molecule has 0 unspecified atom stereocenters. The van der Waals surface area contributed by atoms with Gasteiger partial charge in [-0.3, -0.25) is 91.1 Å². The number of hydrogen-bond acceptors (Lipinski definition) is 42. The van der Waals surface area contributed by atoms with Gasteiger partial charge >= 0.3 is 53.7 Å². The van der Waals surface area contributed by atoms with Crippen LogP contribution in [0.3, 0.4) is 0 Å². The van der Waals surface area contributed by atoms with Gasteiger partial charge in [0.05, 0.1) is 92.5 Å². The Labute approximate surface area is 834 Å². The van der Waals surface area contributed by atoms with Gasteiger partial charge in [-0.15, -0.1) is 0 Å². The second-order valence-corrected chi connectivity index (χ2v) is 33.2. The van der Waals surface area contributed by atoms with Gasteiger partial charge in [-0.2, -0.15) is 0 Å². The standard InChI is InChI=1S/C90H147N13O41/c1-56(104)99-78-84(139-65(10)113)81(136-62(7)110)68(50-133-59(4)107)142-87(78)130-36-16-13-22-71(116)92-29-19-32-95-74(119)25-40-127-53-90(102-77(122)28-39-123-44-46-125-48-49-126-47-45-124-43-35-98-103-91,54-128-41-26-75(120)96-33-20-30-93-72(117)23-14-17-37-131-88-79(100-57(2)105)85(140-66(11)114)82(137-63(8)111)69(143-88)51-134-60(5)108)55-129-42-27-76(121)97-34-21-31-94-73(118)24-15-18-38-132-89-80(101-58(3)106)86(141-67(12)115)83(138-64(9)112)70(144-89)52-135-61(6)109/h68-70,78-89H,13-55H2,1-12H3,(H,92,116)(H,93,117)(H,94,118)(H,95,119)(H,96,120)(H,97,121)(H,99,104)(H,100,105)(H,101,106)(H,102,122)/t68-,69-,70-,78-,79-,80-,81+,82+,83+,84-,85-,86-,87-,88-,89-/m1/s1. The Morgan fingerprint density at radius 1 is 0.278 bits per heavy atom. The molecular formula is C90H147N13O41. The van der Waals surface area contributed by atoms with Crippen LogP contribution < -0.4 is 53.2 Å². The third-order valence-electron chi connectivity index (χ3n) is 20.4. The van der Waals surface area contributed by atoms with E-state index in [1.54, 1.807) is 0 Å². The van der Waals surface area contributed by atoms with E-state index in [1.165, 1.54) is 20.8 Å². The second kappa shape index (κ2) is 74.6. The van der Waals surface area contributed by atoms with Crippen LogP contribution in [0.5, 0.6) is 0 Å². The lowest BCUT2D eigenvalue weighted by molar-refractivity contribution is -0.277. The molecule has 0 aromatic heterocycles. The molecule has 3 aliphatic rings. The molecule has 0 saturated carbocycles. The van der Waals surface area contributed by atoms with E-state index in [9.17, 15) is 91.1 Å². The van der Waals surface area contributed by atoms with Crippen molar-refractivity contribution < 1.29 is 195 Å². The number of nitrogens with one attached hydrogen (secondary N) is 10. The van der Waals surface area contributed by atoms with Crippen molar-refractivity contribution in [2.24, 2.45) is 5.11 Å². The molecule has 0 bridgehead atoms. The van der Waals surface area contributed by atoms with Crippen LogP contribution in [0.25, 0.3) is 10.4 Å². The highest BCUT2D eigenvalue weighted by Crippen LogP contribution is 2.32. The summed E-state index contributed by atoms with van der Waals surface area (Å²) in [7, 11) is 0. The summed E-state index contributed by atoms with van der Waals surface area (Å²) in [5.41, 5.74) is 6.85. The summed E-state index contributed by atoms with van der Waals surface area (Å²) in [6.07, 6.45) is -13.2. The number of amides is 10. The smallest absolute Gasteiger partial charge is 0.303 e. The fourth-order valence-electron chi connectivity index (χ4n) is 14.2. The molecule has 0 spiro atoms. The topological polar surface area (TPSA) is 696 Å². The van der Waals surface area contributed by atoms with Gasteiger partial charge in [-0.1, -0.05) is 5.11 Å². The molecule has 54 heteroatoms. The maximum absolute atomic E-state index is 14.0. The number of nitrogens with zero attached hydrogens (tertiary/aromatic N) is 3. The molecule has 0 aromatic carbocycles. The first-order valence-electron chi connectivity index (χ1n) is 47.7. The molecule has 3 saturated heterocycles. The molecule has 3 aliphatic heterocycles. The zero-order valence-corrected chi connectivity index (χ0v) is 84.1. The zero-order chi connectivity index (χ0) is 107. The Bertz CT molecular complexity index is 3690. The Hall–Kier alpha value is -11.3. The average molecular weight is 2070 g/mol. The summed E-state index contributed by atoms with van der Waals surface area (Å²) in [5, 5.41) is 30.8. The Kier molecular flexibility index (Phi) is 65.7. The summed E-state index contributed by atoms with van der Waals surface area (Å²) in [4.78, 5) is 241. The van der Waals surface area contributed by atoms with Gasteiger partial charge in [0.25, 0.3) is 0 Å². The van der Waals surface area contributed by atoms with E-state index in [0.717, 1.165) is 62.3 Å². The van der Waals surface area contributed by atoms with Crippen LogP contribution in [-0.2, 0) is 195 Å². The molecule has 0 aromatic rings. The van der Waals surface area contributed by atoms with E-state index in [0.29, 0.717) is 57.8 Å². The highest BCUT2D eigenvalue weighted by molar-refractivity contribution is 5.80. The predicted molar refractivity (Wildman–Crippen MR) is 492 cm³/mol. The summed E-state index contributed by atoms with van der Waals surface area (Å²) >= 11 is 0. The Morgan fingerprint density at radius 2 is 0.521 bits per heavy atom. The van der Waals surface area contributed by atoms with Crippen molar-refractivity contribution in [1.29, 1.82) is 0 Å². The summed E-state index contributed by atoms with van der Waals surface area (Å²) in [5.74, 6) is -11.3. The van der Waals surface area contributed by atoms with Crippen molar-refractivity contribution in [1.82, 2.24) is 53.2 Å². The number of ether oxygens (including phenoxy) is 22. The lowest BCUT2D eigenvalue weighted by Crippen LogP contribution is -2.66. The van der Waals surface area contributed by atoms with Crippen LogP contribution in [0.1, 0.15) is 186 Å². The molecule has 3 fully saturated rings. The van der Waals surface area contributed by atoms with Gasteiger partial charge in [-0.05, 0) is 63.3 Å². The molecule has 818 valence electrons. The molecule has 144 heavy (non-hydrogen) atoms. The fourth-order valence-corrected chi connectivity index (χ4v) is 14.2. The first-order valence-corrected chi connectivity index (χ1v) is 47.7. The third kappa shape index (κ3) is 58.6. The van der Waals surface area contributed by atoms with Crippen LogP contribution in [0.15, 0.2) is 5.11 Å². The van der Waals surface area contributed by atoms with Crippen molar-refractivity contribution >= 4 is 113 Å². The minimum Gasteiger partial charge on any atom is -0.463 e. The van der Waals surface area contributed by atoms with Crippen molar-refractivity contribution in [3.8, 4) is 0 Å². The van der Waals surface area contributed by atoms with E-state index in [4.69, 9.17) is 110 Å². The van der Waals surface area contributed by atoms with E-state index in [1.807, 2.05) is 0 Å². The zero-order valence-electron chi connectivity index (χ0n) is 84.1. The minimum absolute atomic E-state index is 0.0252. The maximum atomic E-state index is 14.0. The normalized spacial score (nSPS) is 20.5. The summed E-state index contributed by atoms with van der Waals surface area (Å²) in [6.45, 7) is 13.2. The van der Waals surface area contributed by atoms with Gasteiger partial charge in [0, 0.05) is 199 Å². The summed E-state index contributed by atoms with van der Waals surface area (Å²) < 4.78 is 125. The van der Waals surface area contributed by atoms with Gasteiger partial charge < -0.3 is 157 Å². The van der Waals surface area contributed by atoms with Crippen molar-refractivity contribution in [3.05, 3.63) is 10.4 Å². The van der Waals surface area contributed by atoms with Crippen LogP contribution >= 0.6 is 0 Å². The number of carbonyl (C=O) groups excluding carboxylic acids is 19. The van der Waals surface area contributed by atoms with Crippen LogP contribution in [0.2, 0.25) is 0 Å². The highest BCUT2D eigenvalue weighted by Gasteiger charge is 2.55. The molecule has 15 atom stereocenters. The first kappa shape index (κ1) is 127. The van der Waals surface area contributed by atoms with Crippen LogP contribution in [-0.4, -0.2) is 388 Å². The average Bonchev–Trinajstić information content (AvgIpc) is 0.793. The highest BCUT2D eigenvalue weighted by atomic mass is 16.7. The Balaban J connectivity index is 1.69. The predicted octanol–water partition coefficient (Wildman–Crippen LogP) is -1.78. The lowest BCUT2D eigenvalue weighted by atomic mass is 9.96. The first-order chi connectivity index (χ1) is 68.7. The Morgan fingerprint density at radius 3 is 0.778 bits per heavy atom. The molecule has 0 aliphatic carbocycles. The molecule has 54 nitrogen and oxygen atoms in total. The lowest BCUT2D eigenvalue weighted by Gasteiger charge is -2.44. The quantitative estimate of drug-likeness (QED) is 0.00804. The maximum Gasteiger partial charge on any atom is 0.303 e. The number of hydrogen-bond donors (Lipinski definition) is 10. The third-order valence-corrected chi connectivity index (χ3v) is 20.4. The summed E-state index contributed by atoms with van der Waals surface area (Å²) in [6, 6.07) is -3.55. The van der Waals surface area contributed by atoms with E-state index >= 15 is 0 Å². The van der Waals surface area contributed by atoms with Crippen LogP contribution in [0, 0.1) is 0 Å². The molecule has 10 amide bonds. The molecule has 3 heterocycles. The number of carbonyl (C=O) groups is 19.